The smallest absolute Gasteiger partial charge is 0.352 e. The number of benzene rings is 1. The molecule has 0 aliphatic heterocycles. The molecule has 1 aromatic carbocycles. The van der Waals surface area contributed by atoms with Gasteiger partial charge in [0.05, 0.1) is 28.1 Å². The predicted molar refractivity (Wildman–Crippen MR) is 127 cm³/mol. The van der Waals surface area contributed by atoms with Crippen LogP contribution in [0.2, 0.25) is 25.7 Å². The van der Waals surface area contributed by atoms with Gasteiger partial charge in [-0.3, -0.25) is 0 Å². The quantitative estimate of drug-likeness (QED) is 0.339. The first-order valence-corrected chi connectivity index (χ1v) is 15.8. The normalized spacial score (nSPS) is 12.5. The molecule has 3 rings (SSSR count). The number of aromatic nitrogens is 3. The van der Waals surface area contributed by atoms with E-state index in [0.717, 1.165) is 11.6 Å². The van der Waals surface area contributed by atoms with Crippen LogP contribution in [-0.4, -0.2) is 55.6 Å². The monoisotopic (exact) mass is 493 g/mol. The van der Waals surface area contributed by atoms with Crippen molar-refractivity contribution in [2.75, 3.05) is 13.7 Å². The second kappa shape index (κ2) is 9.41. The van der Waals surface area contributed by atoms with Crippen LogP contribution >= 0.6 is 0 Å². The van der Waals surface area contributed by atoms with Crippen molar-refractivity contribution in [2.45, 2.75) is 55.7 Å². The van der Waals surface area contributed by atoms with Crippen LogP contribution < -0.4 is 0 Å². The highest BCUT2D eigenvalue weighted by Gasteiger charge is 2.27. The van der Waals surface area contributed by atoms with E-state index < -0.39 is 23.9 Å². The number of fused-ring (bicyclic) bond motifs is 1. The maximum Gasteiger partial charge on any atom is 0.352 e. The number of ether oxygens (including phenoxy) is 2. The fourth-order valence-electron chi connectivity index (χ4n) is 3.62. The highest BCUT2D eigenvalue weighted by atomic mass is 32.2. The van der Waals surface area contributed by atoms with Crippen molar-refractivity contribution in [3.63, 3.8) is 0 Å². The molecule has 1 N–H and O–H groups in total. The summed E-state index contributed by atoms with van der Waals surface area (Å²) in [5.41, 5.74) is 1.67. The number of methoxy groups -OCH3 is 1. The van der Waals surface area contributed by atoms with Gasteiger partial charge in [0.25, 0.3) is 0 Å². The standard InChI is InChI=1S/C22H31N3O6SSi/c1-15-20(11-19(22(26)27)24(15)2)32(28,29)18-9-16-12-23-25(14-31-7-8-33(4,5)6)21(16)17(10-18)13-30-3/h9-12H,7-8,13-14H2,1-6H3,(H,26,27). The fourth-order valence-corrected chi connectivity index (χ4v) is 6.00. The summed E-state index contributed by atoms with van der Waals surface area (Å²) in [6.45, 7) is 9.53. The molecular weight excluding hydrogens is 462 g/mol. The second-order valence-corrected chi connectivity index (χ2v) is 16.8. The lowest BCUT2D eigenvalue weighted by Gasteiger charge is -2.16. The summed E-state index contributed by atoms with van der Waals surface area (Å²) in [6, 6.07) is 5.35. The average molecular weight is 494 g/mol. The van der Waals surface area contributed by atoms with Gasteiger partial charge >= 0.3 is 5.97 Å². The molecule has 11 heteroatoms. The maximum atomic E-state index is 13.5. The number of sulfone groups is 1. The largest absolute Gasteiger partial charge is 0.477 e. The van der Waals surface area contributed by atoms with Crippen LogP contribution in [0.15, 0.2) is 34.2 Å². The summed E-state index contributed by atoms with van der Waals surface area (Å²) in [7, 11) is -2.11. The molecule has 9 nitrogen and oxygen atoms in total. The zero-order valence-electron chi connectivity index (χ0n) is 19.9. The summed E-state index contributed by atoms with van der Waals surface area (Å²) >= 11 is 0. The molecule has 0 amide bonds. The summed E-state index contributed by atoms with van der Waals surface area (Å²) < 4.78 is 41.2. The molecule has 0 aliphatic carbocycles. The predicted octanol–water partition coefficient (Wildman–Crippen LogP) is 3.67. The SMILES string of the molecule is COCc1cc(S(=O)(=O)c2cc(C(=O)O)n(C)c2C)cc2cnn(COCC[Si](C)(C)C)c12. The van der Waals surface area contributed by atoms with Gasteiger partial charge in [-0.05, 0) is 31.2 Å². The number of hydrogen-bond donors (Lipinski definition) is 1. The maximum absolute atomic E-state index is 13.5. The molecule has 180 valence electrons. The molecule has 0 saturated carbocycles. The van der Waals surface area contributed by atoms with Crippen molar-refractivity contribution < 1.29 is 27.8 Å². The van der Waals surface area contributed by atoms with E-state index in [4.69, 9.17) is 9.47 Å². The van der Waals surface area contributed by atoms with E-state index in [2.05, 4.69) is 24.7 Å². The van der Waals surface area contributed by atoms with Crippen LogP contribution in [0, 0.1) is 6.92 Å². The van der Waals surface area contributed by atoms with Crippen molar-refractivity contribution in [1.82, 2.24) is 14.3 Å². The van der Waals surface area contributed by atoms with Crippen molar-refractivity contribution in [2.24, 2.45) is 7.05 Å². The van der Waals surface area contributed by atoms with Gasteiger partial charge in [-0.2, -0.15) is 5.10 Å². The molecule has 2 heterocycles. The summed E-state index contributed by atoms with van der Waals surface area (Å²) in [5, 5.41) is 14.4. The Labute approximate surface area is 194 Å². The van der Waals surface area contributed by atoms with Gasteiger partial charge in [0.15, 0.2) is 0 Å². The third kappa shape index (κ3) is 5.21. The first-order valence-electron chi connectivity index (χ1n) is 10.6. The summed E-state index contributed by atoms with van der Waals surface area (Å²) in [6.07, 6.45) is 1.61. The molecule has 0 aliphatic rings. The van der Waals surface area contributed by atoms with E-state index in [1.54, 1.807) is 37.0 Å². The first-order chi connectivity index (χ1) is 15.4. The van der Waals surface area contributed by atoms with Gasteiger partial charge in [0.1, 0.15) is 12.4 Å². The Morgan fingerprint density at radius 3 is 2.48 bits per heavy atom. The van der Waals surface area contributed by atoms with Crippen LogP contribution in [0.3, 0.4) is 0 Å². The minimum Gasteiger partial charge on any atom is -0.477 e. The summed E-state index contributed by atoms with van der Waals surface area (Å²) in [4.78, 5) is 11.5. The average Bonchev–Trinajstić information content (AvgIpc) is 3.26. The highest BCUT2D eigenvalue weighted by Crippen LogP contribution is 2.31. The third-order valence-corrected chi connectivity index (χ3v) is 9.16. The first kappa shape index (κ1) is 25.2. The lowest BCUT2D eigenvalue weighted by molar-refractivity contribution is 0.0686. The molecule has 0 bridgehead atoms. The fraction of sp³-hybridized carbons (Fsp3) is 0.455. The van der Waals surface area contributed by atoms with E-state index in [9.17, 15) is 18.3 Å². The molecule has 3 aromatic rings. The Bertz CT molecular complexity index is 1290. The van der Waals surface area contributed by atoms with Gasteiger partial charge < -0.3 is 19.1 Å². The highest BCUT2D eigenvalue weighted by molar-refractivity contribution is 7.91. The van der Waals surface area contributed by atoms with Crippen LogP contribution in [0.5, 0.6) is 0 Å². The van der Waals surface area contributed by atoms with E-state index in [0.29, 0.717) is 23.3 Å². The van der Waals surface area contributed by atoms with Gasteiger partial charge in [0.2, 0.25) is 9.84 Å². The van der Waals surface area contributed by atoms with E-state index in [1.807, 2.05) is 0 Å². The zero-order valence-corrected chi connectivity index (χ0v) is 21.7. The number of carboxylic acids is 1. The molecule has 0 saturated heterocycles. The lowest BCUT2D eigenvalue weighted by atomic mass is 10.1. The lowest BCUT2D eigenvalue weighted by Crippen LogP contribution is -2.22. The zero-order chi connectivity index (χ0) is 24.6. The van der Waals surface area contributed by atoms with Crippen LogP contribution in [0.4, 0.5) is 0 Å². The Morgan fingerprint density at radius 2 is 1.91 bits per heavy atom. The van der Waals surface area contributed by atoms with Gasteiger partial charge in [-0.25, -0.2) is 17.9 Å². The molecule has 0 spiro atoms. The summed E-state index contributed by atoms with van der Waals surface area (Å²) in [5.74, 6) is -1.19. The van der Waals surface area contributed by atoms with Crippen LogP contribution in [0.1, 0.15) is 21.7 Å². The topological polar surface area (TPSA) is 113 Å². The Kier molecular flexibility index (Phi) is 7.17. The molecule has 0 atom stereocenters. The number of rotatable bonds is 10. The minimum absolute atomic E-state index is 0.0350. The number of hydrogen-bond acceptors (Lipinski definition) is 6. The molecule has 33 heavy (non-hydrogen) atoms. The molecule has 0 fully saturated rings. The van der Waals surface area contributed by atoms with Gasteiger partial charge in [-0.1, -0.05) is 19.6 Å². The minimum atomic E-state index is -3.97. The second-order valence-electron chi connectivity index (χ2n) is 9.29. The van der Waals surface area contributed by atoms with Crippen molar-refractivity contribution in [3.8, 4) is 0 Å². The molecule has 0 unspecified atom stereocenters. The van der Waals surface area contributed by atoms with Gasteiger partial charge in [-0.15, -0.1) is 0 Å². The molecular formula is C22H31N3O6SSi. The van der Waals surface area contributed by atoms with Crippen molar-refractivity contribution in [1.29, 1.82) is 0 Å². The Balaban J connectivity index is 2.02. The number of carbonyl (C=O) groups is 1. The van der Waals surface area contributed by atoms with E-state index >= 15 is 0 Å². The van der Waals surface area contributed by atoms with Crippen LogP contribution in [0.25, 0.3) is 10.9 Å². The molecule has 2 aromatic heterocycles. The Hall–Kier alpha value is -2.47. The van der Waals surface area contributed by atoms with Crippen molar-refractivity contribution in [3.05, 3.63) is 41.3 Å². The van der Waals surface area contributed by atoms with Gasteiger partial charge in [0, 0.05) is 45.5 Å². The van der Waals surface area contributed by atoms with E-state index in [-0.39, 0.29) is 28.8 Å². The van der Waals surface area contributed by atoms with Crippen LogP contribution in [-0.2, 0) is 39.7 Å². The Morgan fingerprint density at radius 1 is 1.21 bits per heavy atom. The van der Waals surface area contributed by atoms with Crippen molar-refractivity contribution >= 4 is 34.8 Å². The third-order valence-electron chi connectivity index (χ3n) is 5.60. The number of nitrogens with zero attached hydrogens (tertiary/aromatic N) is 3. The molecule has 0 radical (unpaired) electrons. The number of aromatic carboxylic acids is 1. The number of carboxylic acid groups (broad SMARTS) is 1. The van der Waals surface area contributed by atoms with E-state index in [1.165, 1.54) is 17.7 Å².